The van der Waals surface area contributed by atoms with Crippen LogP contribution in [0.5, 0.6) is 0 Å². The molecule has 0 aliphatic rings. The first kappa shape index (κ1) is 22.1. The average Bonchev–Trinajstić information content (AvgIpc) is 2.85. The summed E-state index contributed by atoms with van der Waals surface area (Å²) in [5, 5.41) is 5.50. The summed E-state index contributed by atoms with van der Waals surface area (Å²) in [6.07, 6.45) is 0. The standard InChI is InChI=1S/C26H17ClFN3O2S/c27-20-14-17(12-13-21(20)28)31-25(33)19-9-3-4-10-23(19)30-26(31)34-15-24(32)29-22-11-5-7-16-6-1-2-8-18(16)22/h1-14H,15H2,(H,29,32). The van der Waals surface area contributed by atoms with E-state index in [1.807, 2.05) is 42.5 Å². The minimum Gasteiger partial charge on any atom is -0.325 e. The van der Waals surface area contributed by atoms with Crippen molar-refractivity contribution in [3.63, 3.8) is 0 Å². The van der Waals surface area contributed by atoms with Gasteiger partial charge in [0.05, 0.1) is 27.4 Å². The molecular formula is C26H17ClFN3O2S. The number of rotatable bonds is 5. The second-order valence-corrected chi connectivity index (χ2v) is 8.86. The van der Waals surface area contributed by atoms with Gasteiger partial charge in [-0.2, -0.15) is 0 Å². The van der Waals surface area contributed by atoms with Crippen LogP contribution in [0.15, 0.2) is 94.9 Å². The molecule has 1 N–H and O–H groups in total. The Labute approximate surface area is 203 Å². The van der Waals surface area contributed by atoms with Crippen molar-refractivity contribution < 1.29 is 9.18 Å². The van der Waals surface area contributed by atoms with Crippen molar-refractivity contribution in [1.29, 1.82) is 0 Å². The number of fused-ring (bicyclic) bond motifs is 2. The van der Waals surface area contributed by atoms with Gasteiger partial charge in [0, 0.05) is 11.1 Å². The Kier molecular flexibility index (Phi) is 6.04. The van der Waals surface area contributed by atoms with E-state index in [1.54, 1.807) is 24.3 Å². The molecule has 0 radical (unpaired) electrons. The second kappa shape index (κ2) is 9.29. The Balaban J connectivity index is 1.48. The lowest BCUT2D eigenvalue weighted by molar-refractivity contribution is -0.113. The van der Waals surface area contributed by atoms with E-state index in [1.165, 1.54) is 22.8 Å². The van der Waals surface area contributed by atoms with Gasteiger partial charge in [0.15, 0.2) is 5.16 Å². The fourth-order valence-corrected chi connectivity index (χ4v) is 4.70. The molecule has 0 atom stereocenters. The summed E-state index contributed by atoms with van der Waals surface area (Å²) >= 11 is 7.09. The molecule has 0 bridgehead atoms. The fraction of sp³-hybridized carbons (Fsp3) is 0.0385. The Morgan fingerprint density at radius 3 is 2.53 bits per heavy atom. The molecule has 0 saturated heterocycles. The van der Waals surface area contributed by atoms with Crippen molar-refractivity contribution >= 4 is 56.6 Å². The van der Waals surface area contributed by atoms with Gasteiger partial charge in [-0.15, -0.1) is 0 Å². The quantitative estimate of drug-likeness (QED) is 0.241. The highest BCUT2D eigenvalue weighted by atomic mass is 35.5. The number of nitrogens with one attached hydrogen (secondary N) is 1. The Morgan fingerprint density at radius 1 is 0.971 bits per heavy atom. The molecule has 0 aliphatic heterocycles. The van der Waals surface area contributed by atoms with Gasteiger partial charge in [-0.1, -0.05) is 71.9 Å². The van der Waals surface area contributed by atoms with Gasteiger partial charge in [0.25, 0.3) is 5.56 Å². The van der Waals surface area contributed by atoms with Crippen molar-refractivity contribution in [1.82, 2.24) is 9.55 Å². The number of para-hydroxylation sites is 1. The molecule has 4 aromatic carbocycles. The van der Waals surface area contributed by atoms with Crippen LogP contribution < -0.4 is 10.9 Å². The van der Waals surface area contributed by atoms with Gasteiger partial charge in [-0.25, -0.2) is 9.37 Å². The lowest BCUT2D eigenvalue weighted by Gasteiger charge is -2.14. The van der Waals surface area contributed by atoms with E-state index in [9.17, 15) is 14.0 Å². The van der Waals surface area contributed by atoms with E-state index in [2.05, 4.69) is 10.3 Å². The molecule has 5 rings (SSSR count). The summed E-state index contributed by atoms with van der Waals surface area (Å²) in [4.78, 5) is 30.7. The Morgan fingerprint density at radius 2 is 1.71 bits per heavy atom. The average molecular weight is 490 g/mol. The highest BCUT2D eigenvalue weighted by molar-refractivity contribution is 7.99. The largest absolute Gasteiger partial charge is 0.325 e. The van der Waals surface area contributed by atoms with E-state index < -0.39 is 5.82 Å². The van der Waals surface area contributed by atoms with Gasteiger partial charge in [-0.05, 0) is 41.8 Å². The molecule has 34 heavy (non-hydrogen) atoms. The number of hydrogen-bond acceptors (Lipinski definition) is 4. The third kappa shape index (κ3) is 4.27. The summed E-state index contributed by atoms with van der Waals surface area (Å²) in [6, 6.07) is 24.4. The number of benzene rings is 4. The monoisotopic (exact) mass is 489 g/mol. The maximum absolute atomic E-state index is 13.7. The maximum Gasteiger partial charge on any atom is 0.266 e. The maximum atomic E-state index is 13.7. The summed E-state index contributed by atoms with van der Waals surface area (Å²) in [5.74, 6) is -0.813. The Bertz CT molecular complexity index is 1610. The van der Waals surface area contributed by atoms with Crippen molar-refractivity contribution in [2.75, 3.05) is 11.1 Å². The molecule has 168 valence electrons. The van der Waals surface area contributed by atoms with Crippen LogP contribution >= 0.6 is 23.4 Å². The number of carbonyl (C=O) groups excluding carboxylic acids is 1. The number of carbonyl (C=O) groups is 1. The molecule has 8 heteroatoms. The number of nitrogens with zero attached hydrogens (tertiary/aromatic N) is 2. The van der Waals surface area contributed by atoms with E-state index in [0.717, 1.165) is 22.5 Å². The van der Waals surface area contributed by atoms with E-state index in [-0.39, 0.29) is 22.2 Å². The lowest BCUT2D eigenvalue weighted by Crippen LogP contribution is -2.23. The number of thioether (sulfide) groups is 1. The SMILES string of the molecule is O=C(CSc1nc2ccccc2c(=O)n1-c1ccc(F)c(Cl)c1)Nc1cccc2ccccc12. The van der Waals surface area contributed by atoms with Crippen LogP contribution in [0.2, 0.25) is 5.02 Å². The molecule has 0 spiro atoms. The van der Waals surface area contributed by atoms with Crippen LogP contribution in [0, 0.1) is 5.82 Å². The third-order valence-electron chi connectivity index (χ3n) is 5.30. The van der Waals surface area contributed by atoms with E-state index in [4.69, 9.17) is 11.6 Å². The summed E-state index contributed by atoms with van der Waals surface area (Å²) < 4.78 is 15.1. The van der Waals surface area contributed by atoms with Gasteiger partial charge in [0.1, 0.15) is 5.82 Å². The van der Waals surface area contributed by atoms with Crippen LogP contribution in [-0.4, -0.2) is 21.2 Å². The third-order valence-corrected chi connectivity index (χ3v) is 6.53. The van der Waals surface area contributed by atoms with Gasteiger partial charge in [0.2, 0.25) is 5.91 Å². The van der Waals surface area contributed by atoms with Gasteiger partial charge < -0.3 is 5.32 Å². The van der Waals surface area contributed by atoms with Gasteiger partial charge in [-0.3, -0.25) is 14.2 Å². The van der Waals surface area contributed by atoms with Crippen molar-refractivity contribution in [3.05, 3.63) is 106 Å². The molecule has 0 unspecified atom stereocenters. The molecule has 0 saturated carbocycles. The van der Waals surface area contributed by atoms with Crippen LogP contribution in [-0.2, 0) is 4.79 Å². The smallest absolute Gasteiger partial charge is 0.266 e. The van der Waals surface area contributed by atoms with Crippen LogP contribution in [0.25, 0.3) is 27.4 Å². The number of halogens is 2. The lowest BCUT2D eigenvalue weighted by atomic mass is 10.1. The number of aromatic nitrogens is 2. The van der Waals surface area contributed by atoms with Crippen molar-refractivity contribution in [2.45, 2.75) is 5.16 Å². The summed E-state index contributed by atoms with van der Waals surface area (Å²) in [6.45, 7) is 0. The van der Waals surface area contributed by atoms with Crippen LogP contribution in [0.4, 0.5) is 10.1 Å². The topological polar surface area (TPSA) is 64.0 Å². The summed E-state index contributed by atoms with van der Waals surface area (Å²) in [7, 11) is 0. The fourth-order valence-electron chi connectivity index (χ4n) is 3.71. The normalized spacial score (nSPS) is 11.1. The first-order valence-electron chi connectivity index (χ1n) is 10.4. The Hall–Kier alpha value is -3.68. The molecule has 1 amide bonds. The zero-order valence-corrected chi connectivity index (χ0v) is 19.2. The van der Waals surface area contributed by atoms with E-state index >= 15 is 0 Å². The zero-order valence-electron chi connectivity index (χ0n) is 17.7. The van der Waals surface area contributed by atoms with E-state index in [0.29, 0.717) is 27.4 Å². The van der Waals surface area contributed by atoms with Crippen molar-refractivity contribution in [2.24, 2.45) is 0 Å². The highest BCUT2D eigenvalue weighted by Gasteiger charge is 2.16. The number of amides is 1. The molecule has 0 fully saturated rings. The molecule has 1 heterocycles. The predicted octanol–water partition coefficient (Wildman–Crippen LogP) is 6.06. The van der Waals surface area contributed by atoms with Crippen LogP contribution in [0.3, 0.4) is 0 Å². The van der Waals surface area contributed by atoms with Gasteiger partial charge >= 0.3 is 0 Å². The second-order valence-electron chi connectivity index (χ2n) is 7.51. The molecule has 0 aliphatic carbocycles. The minimum atomic E-state index is -0.587. The molecular weight excluding hydrogens is 473 g/mol. The van der Waals surface area contributed by atoms with Crippen LogP contribution in [0.1, 0.15) is 0 Å². The molecule has 5 nitrogen and oxygen atoms in total. The van der Waals surface area contributed by atoms with Crippen molar-refractivity contribution in [3.8, 4) is 5.69 Å². The number of anilines is 1. The predicted molar refractivity (Wildman–Crippen MR) is 136 cm³/mol. The minimum absolute atomic E-state index is 0.0168. The first-order chi connectivity index (χ1) is 16.5. The number of hydrogen-bond donors (Lipinski definition) is 1. The molecule has 5 aromatic rings. The first-order valence-corrected chi connectivity index (χ1v) is 11.8. The summed E-state index contributed by atoms with van der Waals surface area (Å²) in [5.41, 5.74) is 1.25. The molecule has 1 aromatic heterocycles. The highest BCUT2D eigenvalue weighted by Crippen LogP contribution is 2.26. The zero-order chi connectivity index (χ0) is 23.7.